The molecule has 108 valence electrons. The van der Waals surface area contributed by atoms with E-state index in [1.54, 1.807) is 19.1 Å². The van der Waals surface area contributed by atoms with E-state index in [1.807, 2.05) is 0 Å². The highest BCUT2D eigenvalue weighted by Gasteiger charge is 2.38. The molecule has 0 aliphatic carbocycles. The molecule has 5 nitrogen and oxygen atoms in total. The Morgan fingerprint density at radius 3 is 2.55 bits per heavy atom. The van der Waals surface area contributed by atoms with Crippen LogP contribution in [0.15, 0.2) is 24.3 Å². The smallest absolute Gasteiger partial charge is 0.324 e. The van der Waals surface area contributed by atoms with Gasteiger partial charge in [0.15, 0.2) is 0 Å². The first-order chi connectivity index (χ1) is 9.41. The lowest BCUT2D eigenvalue weighted by Gasteiger charge is -2.24. The molecule has 0 bridgehead atoms. The van der Waals surface area contributed by atoms with Crippen molar-refractivity contribution in [1.29, 1.82) is 0 Å². The minimum Gasteiger partial charge on any atom is -0.481 e. The lowest BCUT2D eigenvalue weighted by Crippen LogP contribution is -2.40. The van der Waals surface area contributed by atoms with Gasteiger partial charge in [0, 0.05) is 20.1 Å². The summed E-state index contributed by atoms with van der Waals surface area (Å²) in [4.78, 5) is 26.0. The van der Waals surface area contributed by atoms with Crippen molar-refractivity contribution in [2.45, 2.75) is 6.92 Å². The van der Waals surface area contributed by atoms with Crippen molar-refractivity contribution in [3.63, 3.8) is 0 Å². The van der Waals surface area contributed by atoms with Crippen LogP contribution in [0.25, 0.3) is 0 Å². The van der Waals surface area contributed by atoms with E-state index in [0.717, 1.165) is 0 Å². The van der Waals surface area contributed by atoms with Crippen LogP contribution < -0.4 is 4.90 Å². The number of hydrogen-bond donors (Lipinski definition) is 1. The van der Waals surface area contributed by atoms with E-state index in [4.69, 9.17) is 5.11 Å². The van der Waals surface area contributed by atoms with Gasteiger partial charge >= 0.3 is 12.0 Å². The van der Waals surface area contributed by atoms with Gasteiger partial charge in [-0.1, -0.05) is 19.1 Å². The van der Waals surface area contributed by atoms with Crippen LogP contribution in [0.2, 0.25) is 0 Å². The highest BCUT2D eigenvalue weighted by molar-refractivity contribution is 5.92. The molecule has 1 aliphatic rings. The summed E-state index contributed by atoms with van der Waals surface area (Å²) < 4.78 is 13.7. The highest BCUT2D eigenvalue weighted by Crippen LogP contribution is 2.26. The molecule has 1 fully saturated rings. The summed E-state index contributed by atoms with van der Waals surface area (Å²) in [6.07, 6.45) is 0. The fraction of sp³-hybridized carbons (Fsp3) is 0.429. The fourth-order valence-corrected chi connectivity index (χ4v) is 2.48. The predicted octanol–water partition coefficient (Wildman–Crippen LogP) is 2.03. The number of urea groups is 1. The van der Waals surface area contributed by atoms with Crippen LogP contribution in [0.1, 0.15) is 6.92 Å². The van der Waals surface area contributed by atoms with Crippen LogP contribution in [0.3, 0.4) is 0 Å². The van der Waals surface area contributed by atoms with Gasteiger partial charge in [0.2, 0.25) is 0 Å². The summed E-state index contributed by atoms with van der Waals surface area (Å²) >= 11 is 0. The minimum absolute atomic E-state index is 0.106. The third kappa shape index (κ3) is 2.59. The monoisotopic (exact) mass is 280 g/mol. The van der Waals surface area contributed by atoms with Crippen molar-refractivity contribution in [3.05, 3.63) is 30.1 Å². The van der Waals surface area contributed by atoms with Crippen molar-refractivity contribution >= 4 is 17.7 Å². The number of anilines is 1. The number of nitrogens with zero attached hydrogens (tertiary/aromatic N) is 2. The van der Waals surface area contributed by atoms with Gasteiger partial charge in [-0.25, -0.2) is 9.18 Å². The van der Waals surface area contributed by atoms with Crippen molar-refractivity contribution in [2.24, 2.45) is 11.8 Å². The molecule has 2 rings (SSSR count). The number of para-hydroxylation sites is 1. The number of halogens is 1. The Balaban J connectivity index is 2.13. The molecule has 2 atom stereocenters. The minimum atomic E-state index is -0.902. The van der Waals surface area contributed by atoms with Gasteiger partial charge in [0.25, 0.3) is 0 Å². The first kappa shape index (κ1) is 14.3. The number of carbonyl (C=O) groups excluding carboxylic acids is 1. The Kier molecular flexibility index (Phi) is 3.92. The maximum atomic E-state index is 13.7. The second-order valence-electron chi connectivity index (χ2n) is 5.12. The second-order valence-corrected chi connectivity index (χ2v) is 5.12. The van der Waals surface area contributed by atoms with Crippen molar-refractivity contribution in [2.75, 3.05) is 25.0 Å². The van der Waals surface area contributed by atoms with Crippen LogP contribution in [-0.4, -0.2) is 42.1 Å². The largest absolute Gasteiger partial charge is 0.481 e. The Morgan fingerprint density at radius 1 is 1.35 bits per heavy atom. The maximum absolute atomic E-state index is 13.7. The van der Waals surface area contributed by atoms with Gasteiger partial charge in [0.05, 0.1) is 11.6 Å². The number of hydrogen-bond acceptors (Lipinski definition) is 2. The third-order valence-electron chi connectivity index (χ3n) is 3.70. The van der Waals surface area contributed by atoms with Crippen LogP contribution in [0, 0.1) is 17.7 Å². The van der Waals surface area contributed by atoms with E-state index < -0.39 is 17.7 Å². The summed E-state index contributed by atoms with van der Waals surface area (Å²) in [5.41, 5.74) is 0.184. The van der Waals surface area contributed by atoms with E-state index in [-0.39, 0.29) is 24.2 Å². The highest BCUT2D eigenvalue weighted by atomic mass is 19.1. The molecular weight excluding hydrogens is 263 g/mol. The number of rotatable bonds is 2. The fourth-order valence-electron chi connectivity index (χ4n) is 2.48. The van der Waals surface area contributed by atoms with E-state index in [0.29, 0.717) is 6.54 Å². The van der Waals surface area contributed by atoms with E-state index >= 15 is 0 Å². The molecule has 2 amide bonds. The number of carbonyl (C=O) groups is 2. The molecule has 0 radical (unpaired) electrons. The molecule has 1 saturated heterocycles. The first-order valence-corrected chi connectivity index (χ1v) is 6.41. The molecule has 0 saturated carbocycles. The van der Waals surface area contributed by atoms with Gasteiger partial charge in [-0.05, 0) is 18.1 Å². The molecule has 0 aromatic heterocycles. The van der Waals surface area contributed by atoms with Crippen molar-refractivity contribution < 1.29 is 19.1 Å². The van der Waals surface area contributed by atoms with Crippen LogP contribution >= 0.6 is 0 Å². The summed E-state index contributed by atoms with van der Waals surface area (Å²) in [7, 11) is 1.49. The number of benzene rings is 1. The summed E-state index contributed by atoms with van der Waals surface area (Å²) in [6, 6.07) is 5.61. The van der Waals surface area contributed by atoms with E-state index in [1.165, 1.54) is 29.0 Å². The molecule has 0 unspecified atom stereocenters. The third-order valence-corrected chi connectivity index (χ3v) is 3.70. The van der Waals surface area contributed by atoms with Crippen LogP contribution in [0.5, 0.6) is 0 Å². The molecule has 1 heterocycles. The summed E-state index contributed by atoms with van der Waals surface area (Å²) in [5.74, 6) is -2.05. The van der Waals surface area contributed by atoms with Gasteiger partial charge in [0.1, 0.15) is 5.82 Å². The topological polar surface area (TPSA) is 60.9 Å². The zero-order valence-electron chi connectivity index (χ0n) is 11.4. The summed E-state index contributed by atoms with van der Waals surface area (Å²) in [5, 5.41) is 9.07. The molecule has 1 aromatic rings. The zero-order chi connectivity index (χ0) is 14.9. The van der Waals surface area contributed by atoms with Crippen LogP contribution in [0.4, 0.5) is 14.9 Å². The Hall–Kier alpha value is -2.11. The number of carboxylic acids is 1. The van der Waals surface area contributed by atoms with Crippen molar-refractivity contribution in [1.82, 2.24) is 4.90 Å². The van der Waals surface area contributed by atoms with E-state index in [2.05, 4.69) is 0 Å². The van der Waals surface area contributed by atoms with E-state index in [9.17, 15) is 14.0 Å². The number of likely N-dealkylation sites (tertiary alicyclic amines) is 1. The molecule has 1 aliphatic heterocycles. The normalized spacial score (nSPS) is 21.9. The second kappa shape index (κ2) is 5.48. The van der Waals surface area contributed by atoms with Crippen LogP contribution in [-0.2, 0) is 4.79 Å². The molecule has 1 N–H and O–H groups in total. The Labute approximate surface area is 116 Å². The van der Waals surface area contributed by atoms with Gasteiger partial charge in [-0.2, -0.15) is 0 Å². The molecule has 0 spiro atoms. The average molecular weight is 280 g/mol. The molecule has 1 aromatic carbocycles. The standard InChI is InChI=1S/C14H17FN2O3/c1-9-7-17(8-10(9)13(18)19)14(20)16(2)12-6-4-3-5-11(12)15/h3-6,9-10H,7-8H2,1-2H3,(H,18,19)/t9-,10-/m1/s1. The SMILES string of the molecule is C[C@@H]1CN(C(=O)N(C)c2ccccc2F)C[C@H]1C(=O)O. The number of amides is 2. The van der Waals surface area contributed by atoms with Gasteiger partial charge in [-0.15, -0.1) is 0 Å². The average Bonchev–Trinajstić information content (AvgIpc) is 2.80. The molecule has 20 heavy (non-hydrogen) atoms. The first-order valence-electron chi connectivity index (χ1n) is 6.41. The number of aliphatic carboxylic acids is 1. The number of carboxylic acid groups (broad SMARTS) is 1. The predicted molar refractivity (Wildman–Crippen MR) is 72.1 cm³/mol. The van der Waals surface area contributed by atoms with Gasteiger partial charge < -0.3 is 10.0 Å². The lowest BCUT2D eigenvalue weighted by atomic mass is 9.99. The zero-order valence-corrected chi connectivity index (χ0v) is 11.4. The Morgan fingerprint density at radius 2 is 2.00 bits per heavy atom. The van der Waals surface area contributed by atoms with Crippen molar-refractivity contribution in [3.8, 4) is 0 Å². The quantitative estimate of drug-likeness (QED) is 0.901. The molecule has 6 heteroatoms. The molecular formula is C14H17FN2O3. The lowest BCUT2D eigenvalue weighted by molar-refractivity contribution is -0.142. The Bertz CT molecular complexity index is 535. The summed E-state index contributed by atoms with van der Waals surface area (Å²) in [6.45, 7) is 2.33. The maximum Gasteiger partial charge on any atom is 0.324 e. The van der Waals surface area contributed by atoms with Gasteiger partial charge in [-0.3, -0.25) is 9.69 Å².